The van der Waals surface area contributed by atoms with Crippen LogP contribution in [0, 0.1) is 3.57 Å². The van der Waals surface area contributed by atoms with Gasteiger partial charge in [0.05, 0.1) is 23.4 Å². The normalized spacial score (nSPS) is 10.2. The van der Waals surface area contributed by atoms with E-state index in [1.165, 1.54) is 7.11 Å². The Bertz CT molecular complexity index is 662. The van der Waals surface area contributed by atoms with E-state index < -0.39 is 0 Å². The molecule has 2 aromatic carbocycles. The average Bonchev–Trinajstić information content (AvgIpc) is 2.41. The summed E-state index contributed by atoms with van der Waals surface area (Å²) in [5.41, 5.74) is 7.15. The minimum atomic E-state index is -0.301. The lowest BCUT2D eigenvalue weighted by atomic mass is 10.1. The predicted molar refractivity (Wildman–Crippen MR) is 89.5 cm³/mol. The van der Waals surface area contributed by atoms with Gasteiger partial charge in [0.15, 0.2) is 0 Å². The van der Waals surface area contributed by atoms with Crippen molar-refractivity contribution in [2.45, 2.75) is 0 Å². The molecule has 0 saturated carbocycles. The number of carbonyl (C=O) groups excluding carboxylic acids is 1. The Morgan fingerprint density at radius 1 is 1.30 bits per heavy atom. The number of amides is 1. The van der Waals surface area contributed by atoms with Gasteiger partial charge in [0.2, 0.25) is 0 Å². The summed E-state index contributed by atoms with van der Waals surface area (Å²) in [7, 11) is 1.49. The molecule has 0 bridgehead atoms. The highest BCUT2D eigenvalue weighted by atomic mass is 127. The Morgan fingerprint density at radius 3 is 2.70 bits per heavy atom. The van der Waals surface area contributed by atoms with Crippen molar-refractivity contribution in [3.05, 3.63) is 50.6 Å². The second-order valence-corrected chi connectivity index (χ2v) is 5.69. The number of rotatable bonds is 3. The van der Waals surface area contributed by atoms with Crippen LogP contribution in [0.4, 0.5) is 11.4 Å². The van der Waals surface area contributed by atoms with Crippen LogP contribution < -0.4 is 15.8 Å². The van der Waals surface area contributed by atoms with E-state index in [2.05, 4.69) is 27.9 Å². The van der Waals surface area contributed by atoms with Crippen LogP contribution in [0.3, 0.4) is 0 Å². The molecule has 4 nitrogen and oxygen atoms in total. The van der Waals surface area contributed by atoms with E-state index in [4.69, 9.17) is 22.1 Å². The number of nitrogen functional groups attached to an aromatic ring is 1. The fraction of sp³-hybridized carbons (Fsp3) is 0.0714. The predicted octanol–water partition coefficient (Wildman–Crippen LogP) is 3.79. The lowest BCUT2D eigenvalue weighted by Gasteiger charge is -2.11. The van der Waals surface area contributed by atoms with Gasteiger partial charge in [-0.3, -0.25) is 4.79 Å². The number of ether oxygens (including phenoxy) is 1. The van der Waals surface area contributed by atoms with Crippen molar-refractivity contribution in [2.24, 2.45) is 0 Å². The summed E-state index contributed by atoms with van der Waals surface area (Å²) in [6.45, 7) is 0. The van der Waals surface area contributed by atoms with Crippen molar-refractivity contribution in [1.29, 1.82) is 0 Å². The van der Waals surface area contributed by atoms with Crippen molar-refractivity contribution in [3.8, 4) is 5.75 Å². The fourth-order valence-corrected chi connectivity index (χ4v) is 2.58. The van der Waals surface area contributed by atoms with Gasteiger partial charge in [-0.05, 0) is 52.9 Å². The number of hydrogen-bond donors (Lipinski definition) is 2. The Kier molecular flexibility index (Phi) is 4.72. The molecule has 6 heteroatoms. The van der Waals surface area contributed by atoms with Gasteiger partial charge < -0.3 is 15.8 Å². The van der Waals surface area contributed by atoms with Crippen LogP contribution in [0.1, 0.15) is 10.4 Å². The lowest BCUT2D eigenvalue weighted by Crippen LogP contribution is -2.13. The van der Waals surface area contributed by atoms with Gasteiger partial charge in [-0.25, -0.2) is 0 Å². The van der Waals surface area contributed by atoms with Crippen LogP contribution in [0.15, 0.2) is 36.4 Å². The summed E-state index contributed by atoms with van der Waals surface area (Å²) in [6.07, 6.45) is 0. The van der Waals surface area contributed by atoms with Gasteiger partial charge in [-0.15, -0.1) is 0 Å². The molecule has 3 N–H and O–H groups in total. The highest BCUT2D eigenvalue weighted by Crippen LogP contribution is 2.26. The summed E-state index contributed by atoms with van der Waals surface area (Å²) in [5, 5.41) is 3.24. The molecule has 0 unspecified atom stereocenters. The van der Waals surface area contributed by atoms with Gasteiger partial charge in [-0.1, -0.05) is 11.6 Å². The molecule has 20 heavy (non-hydrogen) atoms. The lowest BCUT2D eigenvalue weighted by molar-refractivity contribution is 0.102. The first-order chi connectivity index (χ1) is 9.51. The van der Waals surface area contributed by atoms with Crippen LogP contribution in [-0.2, 0) is 0 Å². The van der Waals surface area contributed by atoms with E-state index in [-0.39, 0.29) is 5.91 Å². The van der Waals surface area contributed by atoms with Crippen molar-refractivity contribution in [3.63, 3.8) is 0 Å². The molecule has 0 atom stereocenters. The number of methoxy groups -OCH3 is 1. The zero-order valence-electron chi connectivity index (χ0n) is 10.6. The number of nitrogens with one attached hydrogen (secondary N) is 1. The molecule has 0 saturated heterocycles. The first-order valence-corrected chi connectivity index (χ1v) is 7.17. The molecule has 1 amide bonds. The summed E-state index contributed by atoms with van der Waals surface area (Å²) < 4.78 is 6.16. The van der Waals surface area contributed by atoms with Crippen LogP contribution in [0.25, 0.3) is 0 Å². The maximum Gasteiger partial charge on any atom is 0.259 e. The number of nitrogens with two attached hydrogens (primary N) is 1. The maximum atomic E-state index is 12.2. The quantitative estimate of drug-likeness (QED) is 0.606. The molecule has 0 aliphatic heterocycles. The second kappa shape index (κ2) is 6.32. The largest absolute Gasteiger partial charge is 0.496 e. The summed E-state index contributed by atoms with van der Waals surface area (Å²) >= 11 is 8.24. The Labute approximate surface area is 135 Å². The number of benzene rings is 2. The van der Waals surface area contributed by atoms with Crippen LogP contribution >= 0.6 is 34.2 Å². The van der Waals surface area contributed by atoms with E-state index in [0.29, 0.717) is 27.7 Å². The molecule has 0 aliphatic rings. The van der Waals surface area contributed by atoms with Crippen LogP contribution in [-0.4, -0.2) is 13.0 Å². The summed E-state index contributed by atoms with van der Waals surface area (Å²) in [5.74, 6) is 0.120. The molecule has 0 aromatic heterocycles. The number of halogens is 2. The Morgan fingerprint density at radius 2 is 2.05 bits per heavy atom. The standard InChI is InChI=1S/C14H12ClIN2O2/c1-20-13-7-9(17)3-4-10(13)14(19)18-12-5-2-8(16)6-11(12)15/h2-7H,17H2,1H3,(H,18,19). The molecule has 0 spiro atoms. The van der Waals surface area contributed by atoms with Crippen LogP contribution in [0.5, 0.6) is 5.75 Å². The van der Waals surface area contributed by atoms with Gasteiger partial charge in [0.25, 0.3) is 5.91 Å². The van der Waals surface area contributed by atoms with Crippen LogP contribution in [0.2, 0.25) is 5.02 Å². The highest BCUT2D eigenvalue weighted by Gasteiger charge is 2.14. The Balaban J connectivity index is 2.28. The third kappa shape index (κ3) is 3.34. The van der Waals surface area contributed by atoms with Gasteiger partial charge in [0.1, 0.15) is 5.75 Å². The fourth-order valence-electron chi connectivity index (χ4n) is 1.68. The molecular formula is C14H12ClIN2O2. The van der Waals surface area contributed by atoms with E-state index in [1.54, 1.807) is 30.3 Å². The van der Waals surface area contributed by atoms with Crippen molar-refractivity contribution in [1.82, 2.24) is 0 Å². The molecule has 0 radical (unpaired) electrons. The smallest absolute Gasteiger partial charge is 0.259 e. The molecule has 0 fully saturated rings. The molecule has 2 rings (SSSR count). The molecule has 0 heterocycles. The van der Waals surface area contributed by atoms with Crippen molar-refractivity contribution < 1.29 is 9.53 Å². The van der Waals surface area contributed by atoms with Crippen molar-refractivity contribution in [2.75, 3.05) is 18.2 Å². The van der Waals surface area contributed by atoms with E-state index in [0.717, 1.165) is 3.57 Å². The maximum absolute atomic E-state index is 12.2. The third-order valence-electron chi connectivity index (χ3n) is 2.65. The zero-order chi connectivity index (χ0) is 14.7. The molecular weight excluding hydrogens is 391 g/mol. The SMILES string of the molecule is COc1cc(N)ccc1C(=O)Nc1ccc(I)cc1Cl. The average molecular weight is 403 g/mol. The third-order valence-corrected chi connectivity index (χ3v) is 3.63. The topological polar surface area (TPSA) is 64.3 Å². The first kappa shape index (κ1) is 14.9. The number of anilines is 2. The van der Waals surface area contributed by atoms with E-state index in [9.17, 15) is 4.79 Å². The Hall–Kier alpha value is -1.47. The summed E-state index contributed by atoms with van der Waals surface area (Å²) in [4.78, 5) is 12.2. The first-order valence-electron chi connectivity index (χ1n) is 5.71. The molecule has 2 aromatic rings. The minimum absolute atomic E-state index is 0.301. The summed E-state index contributed by atoms with van der Waals surface area (Å²) in [6, 6.07) is 10.3. The van der Waals surface area contributed by atoms with Gasteiger partial charge >= 0.3 is 0 Å². The molecule has 104 valence electrons. The highest BCUT2D eigenvalue weighted by molar-refractivity contribution is 14.1. The number of carbonyl (C=O) groups is 1. The molecule has 0 aliphatic carbocycles. The zero-order valence-corrected chi connectivity index (χ0v) is 13.5. The second-order valence-electron chi connectivity index (χ2n) is 4.04. The number of hydrogen-bond acceptors (Lipinski definition) is 3. The van der Waals surface area contributed by atoms with E-state index in [1.807, 2.05) is 6.07 Å². The monoisotopic (exact) mass is 402 g/mol. The van der Waals surface area contributed by atoms with Crippen molar-refractivity contribution >= 4 is 51.5 Å². The van der Waals surface area contributed by atoms with E-state index >= 15 is 0 Å². The minimum Gasteiger partial charge on any atom is -0.496 e. The van der Waals surface area contributed by atoms with Gasteiger partial charge in [-0.2, -0.15) is 0 Å². The van der Waals surface area contributed by atoms with Gasteiger partial charge in [0, 0.05) is 15.3 Å².